The van der Waals surface area contributed by atoms with Crippen molar-refractivity contribution in [2.45, 2.75) is 40.2 Å². The van der Waals surface area contributed by atoms with Crippen molar-refractivity contribution in [1.82, 2.24) is 9.80 Å². The van der Waals surface area contributed by atoms with Gasteiger partial charge in [0, 0.05) is 25.7 Å². The molecule has 0 aromatic heterocycles. The number of carbonyl (C=O) groups is 2. The van der Waals surface area contributed by atoms with E-state index in [1.165, 1.54) is 0 Å². The molecule has 0 aliphatic carbocycles. The molecule has 1 aliphatic rings. The number of amides is 2. The maximum atomic E-state index is 12.3. The van der Waals surface area contributed by atoms with E-state index in [0.717, 1.165) is 13.1 Å². The third kappa shape index (κ3) is 3.37. The highest BCUT2D eigenvalue weighted by Gasteiger charge is 2.33. The van der Waals surface area contributed by atoms with E-state index >= 15 is 0 Å². The fourth-order valence-electron chi connectivity index (χ4n) is 2.47. The topological polar surface area (TPSA) is 60.9 Å². The summed E-state index contributed by atoms with van der Waals surface area (Å²) in [7, 11) is 0. The molecule has 1 fully saturated rings. The number of carboxylic acids is 1. The summed E-state index contributed by atoms with van der Waals surface area (Å²) < 4.78 is 0. The van der Waals surface area contributed by atoms with Gasteiger partial charge in [-0.05, 0) is 25.7 Å². The molecule has 2 amide bonds. The molecule has 0 aromatic carbocycles. The average Bonchev–Trinajstić information content (AvgIpc) is 2.59. The van der Waals surface area contributed by atoms with Gasteiger partial charge in [-0.15, -0.1) is 0 Å². The highest BCUT2D eigenvalue weighted by molar-refractivity contribution is 5.76. The first-order chi connectivity index (χ1) is 8.36. The lowest BCUT2D eigenvalue weighted by atomic mass is 10.0. The van der Waals surface area contributed by atoms with Crippen LogP contribution in [0.3, 0.4) is 0 Å². The molecule has 5 heteroatoms. The monoisotopic (exact) mass is 256 g/mol. The minimum absolute atomic E-state index is 0.00146. The van der Waals surface area contributed by atoms with Crippen LogP contribution in [0.25, 0.3) is 0 Å². The molecule has 5 nitrogen and oxygen atoms in total. The third-order valence-electron chi connectivity index (χ3n) is 3.85. The first-order valence-corrected chi connectivity index (χ1v) is 6.64. The van der Waals surface area contributed by atoms with E-state index in [-0.39, 0.29) is 18.5 Å². The van der Waals surface area contributed by atoms with Gasteiger partial charge in [0.05, 0.1) is 6.42 Å². The number of nitrogens with zero attached hydrogens (tertiary/aromatic N) is 2. The Morgan fingerprint density at radius 2 is 1.83 bits per heavy atom. The quantitative estimate of drug-likeness (QED) is 0.835. The largest absolute Gasteiger partial charge is 0.481 e. The van der Waals surface area contributed by atoms with Crippen molar-refractivity contribution in [2.24, 2.45) is 11.8 Å². The zero-order valence-corrected chi connectivity index (χ0v) is 11.7. The van der Waals surface area contributed by atoms with Crippen LogP contribution >= 0.6 is 0 Å². The zero-order valence-electron chi connectivity index (χ0n) is 11.7. The van der Waals surface area contributed by atoms with Crippen LogP contribution in [0.1, 0.15) is 34.1 Å². The van der Waals surface area contributed by atoms with Crippen molar-refractivity contribution in [3.63, 3.8) is 0 Å². The molecule has 18 heavy (non-hydrogen) atoms. The van der Waals surface area contributed by atoms with Crippen molar-refractivity contribution in [3.8, 4) is 0 Å². The van der Waals surface area contributed by atoms with Crippen molar-refractivity contribution in [3.05, 3.63) is 0 Å². The van der Waals surface area contributed by atoms with Crippen LogP contribution in [0.15, 0.2) is 0 Å². The predicted octanol–water partition coefficient (Wildman–Crippen LogP) is 1.88. The maximum absolute atomic E-state index is 12.3. The highest BCUT2D eigenvalue weighted by Crippen LogP contribution is 2.23. The Bertz CT molecular complexity index is 309. The molecule has 0 spiro atoms. The third-order valence-corrected chi connectivity index (χ3v) is 3.85. The molecule has 104 valence electrons. The zero-order chi connectivity index (χ0) is 13.9. The number of hydrogen-bond donors (Lipinski definition) is 1. The van der Waals surface area contributed by atoms with Gasteiger partial charge in [-0.25, -0.2) is 4.79 Å². The number of carbonyl (C=O) groups excluding carboxylic acids is 1. The van der Waals surface area contributed by atoms with Crippen LogP contribution < -0.4 is 0 Å². The van der Waals surface area contributed by atoms with E-state index < -0.39 is 5.97 Å². The van der Waals surface area contributed by atoms with E-state index in [1.807, 2.05) is 11.8 Å². The summed E-state index contributed by atoms with van der Waals surface area (Å²) in [5.41, 5.74) is 0. The van der Waals surface area contributed by atoms with E-state index in [9.17, 15) is 9.59 Å². The molecule has 1 aliphatic heterocycles. The van der Waals surface area contributed by atoms with Gasteiger partial charge in [0.15, 0.2) is 0 Å². The van der Waals surface area contributed by atoms with Crippen molar-refractivity contribution < 1.29 is 14.7 Å². The van der Waals surface area contributed by atoms with Gasteiger partial charge >= 0.3 is 12.0 Å². The molecular formula is C13H24N2O3. The van der Waals surface area contributed by atoms with Crippen LogP contribution in [-0.4, -0.2) is 52.6 Å². The predicted molar refractivity (Wildman–Crippen MR) is 69.4 cm³/mol. The number of carboxylic acid groups (broad SMARTS) is 1. The number of likely N-dealkylation sites (tertiary alicyclic amines) is 1. The standard InChI is InChI=1S/C13H24N2O3/c1-5-15(11(4)6-12(16)17)13(18)14-7-9(2)10(3)8-14/h9-11H,5-8H2,1-4H3,(H,16,17). The van der Waals surface area contributed by atoms with Crippen LogP contribution in [0.5, 0.6) is 0 Å². The summed E-state index contributed by atoms with van der Waals surface area (Å²) in [5, 5.41) is 8.81. The van der Waals surface area contributed by atoms with Gasteiger partial charge < -0.3 is 14.9 Å². The average molecular weight is 256 g/mol. The van der Waals surface area contributed by atoms with Crippen molar-refractivity contribution in [2.75, 3.05) is 19.6 Å². The first-order valence-electron chi connectivity index (χ1n) is 6.64. The van der Waals surface area contributed by atoms with E-state index in [2.05, 4.69) is 13.8 Å². The molecule has 0 bridgehead atoms. The lowest BCUT2D eigenvalue weighted by Gasteiger charge is -2.31. The molecule has 0 saturated carbocycles. The molecule has 1 heterocycles. The summed E-state index contributed by atoms with van der Waals surface area (Å²) in [6.45, 7) is 10.1. The number of hydrogen-bond acceptors (Lipinski definition) is 2. The SMILES string of the molecule is CCN(C(=O)N1CC(C)C(C)C1)C(C)CC(=O)O. The molecule has 0 radical (unpaired) electrons. The molecular weight excluding hydrogens is 232 g/mol. The Morgan fingerprint density at radius 3 is 2.22 bits per heavy atom. The Morgan fingerprint density at radius 1 is 1.33 bits per heavy atom. The van der Waals surface area contributed by atoms with Crippen molar-refractivity contribution in [1.29, 1.82) is 0 Å². The highest BCUT2D eigenvalue weighted by atomic mass is 16.4. The van der Waals surface area contributed by atoms with Crippen LogP contribution in [0.2, 0.25) is 0 Å². The Kier molecular flexibility index (Phi) is 4.99. The minimum Gasteiger partial charge on any atom is -0.481 e. The van der Waals surface area contributed by atoms with Gasteiger partial charge in [-0.3, -0.25) is 4.79 Å². The minimum atomic E-state index is -0.864. The second kappa shape index (κ2) is 6.07. The smallest absolute Gasteiger partial charge is 0.320 e. The van der Waals surface area contributed by atoms with Gasteiger partial charge in [-0.1, -0.05) is 13.8 Å². The van der Waals surface area contributed by atoms with Crippen LogP contribution in [-0.2, 0) is 4.79 Å². The van der Waals surface area contributed by atoms with E-state index in [0.29, 0.717) is 18.4 Å². The Labute approximate surface area is 109 Å². The summed E-state index contributed by atoms with van der Waals surface area (Å²) in [5.74, 6) is 0.168. The summed E-state index contributed by atoms with van der Waals surface area (Å²) in [6.07, 6.45) is -0.00146. The fourth-order valence-corrected chi connectivity index (χ4v) is 2.47. The van der Waals surface area contributed by atoms with Crippen molar-refractivity contribution >= 4 is 12.0 Å². The van der Waals surface area contributed by atoms with Gasteiger partial charge in [-0.2, -0.15) is 0 Å². The Balaban J connectivity index is 2.65. The molecule has 0 aromatic rings. The molecule has 3 unspecified atom stereocenters. The number of urea groups is 1. The second-order valence-electron chi connectivity index (χ2n) is 5.38. The molecule has 1 saturated heterocycles. The maximum Gasteiger partial charge on any atom is 0.320 e. The normalized spacial score (nSPS) is 25.0. The summed E-state index contributed by atoms with van der Waals surface area (Å²) in [6, 6.07) is -0.284. The van der Waals surface area contributed by atoms with Gasteiger partial charge in [0.25, 0.3) is 0 Å². The fraction of sp³-hybridized carbons (Fsp3) is 0.846. The lowest BCUT2D eigenvalue weighted by Crippen LogP contribution is -2.47. The number of rotatable bonds is 4. The first kappa shape index (κ1) is 14.8. The van der Waals surface area contributed by atoms with Gasteiger partial charge in [0.1, 0.15) is 0 Å². The van der Waals surface area contributed by atoms with Crippen LogP contribution in [0, 0.1) is 11.8 Å². The van der Waals surface area contributed by atoms with E-state index in [4.69, 9.17) is 5.11 Å². The van der Waals surface area contributed by atoms with E-state index in [1.54, 1.807) is 11.8 Å². The number of aliphatic carboxylic acids is 1. The molecule has 3 atom stereocenters. The summed E-state index contributed by atoms with van der Waals surface area (Å²) >= 11 is 0. The van der Waals surface area contributed by atoms with Gasteiger partial charge in [0.2, 0.25) is 0 Å². The molecule has 1 N–H and O–H groups in total. The summed E-state index contributed by atoms with van der Waals surface area (Å²) in [4.78, 5) is 26.6. The van der Waals surface area contributed by atoms with Crippen LogP contribution in [0.4, 0.5) is 4.79 Å². The second-order valence-corrected chi connectivity index (χ2v) is 5.38. The Hall–Kier alpha value is -1.26. The molecule has 1 rings (SSSR count). The lowest BCUT2D eigenvalue weighted by molar-refractivity contribution is -0.138.